The molecule has 0 atom stereocenters. The molecule has 0 unspecified atom stereocenters. The molecule has 26 nitrogen and oxygen atoms in total. The number of benzene rings is 6. The Hall–Kier alpha value is -12.0. The Morgan fingerprint density at radius 1 is 0.272 bits per heavy atom. The van der Waals surface area contributed by atoms with E-state index in [-0.39, 0.29) is 68.4 Å². The fraction of sp³-hybridized carbons (Fsp3) is 0.325. The zero-order chi connectivity index (χ0) is 77.6. The summed E-state index contributed by atoms with van der Waals surface area (Å²) < 4.78 is 83.1. The van der Waals surface area contributed by atoms with E-state index in [0.717, 1.165) is 11.1 Å². The van der Waals surface area contributed by atoms with E-state index in [9.17, 15) is 47.9 Å². The second kappa shape index (κ2) is 35.9. The molecule has 26 heteroatoms. The predicted molar refractivity (Wildman–Crippen MR) is 375 cm³/mol. The predicted octanol–water partition coefficient (Wildman–Crippen LogP) is 18.4. The van der Waals surface area contributed by atoms with Gasteiger partial charge in [0.25, 0.3) is 0 Å². The van der Waals surface area contributed by atoms with Crippen LogP contribution >= 0.6 is 0 Å². The summed E-state index contributed by atoms with van der Waals surface area (Å²) in [6.45, 7) is 42.3. The highest BCUT2D eigenvalue weighted by Gasteiger charge is 2.29. The van der Waals surface area contributed by atoms with Crippen LogP contribution in [0.1, 0.15) is 174 Å². The number of esters is 4. The Morgan fingerprint density at radius 2 is 0.495 bits per heavy atom. The number of rotatable bonds is 16. The van der Waals surface area contributed by atoms with Gasteiger partial charge in [0.2, 0.25) is 0 Å². The Kier molecular flexibility index (Phi) is 29.1. The highest BCUT2D eigenvalue weighted by atomic mass is 16.8. The maximum atomic E-state index is 12.6. The third-order valence-electron chi connectivity index (χ3n) is 11.3. The van der Waals surface area contributed by atoms with Crippen LogP contribution in [0.3, 0.4) is 0 Å². The standard InChI is InChI=1S/C27H30O10.2C25H28O8/c1-16(2)22(28)32-18-11-9-17(10-12-18)23(29)33-19-13-14-20(34-24(30)36-26(3,4)5)21(15-19)35-25(31)37-27(6,7)8;1-8-16-9-12-18(13-10-16)29-21(26)17-11-14-19(30-22(27)32-24(2,3)4)20(15-17)31-23(28)33-25(5,6)7;1-8-16-9-11-17(12-10-16)21(26)29-18-13-14-19(30-22(27)32-24(2,3)4)20(15-18)31-23(28)33-25(5,6)7/h9-15H,1H2,2-8H3;2*8-15H,1H2,2-7H3. The number of carbonyl (C=O) groups is 10. The van der Waals surface area contributed by atoms with Gasteiger partial charge in [-0.3, -0.25) is 0 Å². The van der Waals surface area contributed by atoms with E-state index in [2.05, 4.69) is 19.7 Å². The smallest absolute Gasteiger partial charge is 0.428 e. The lowest BCUT2D eigenvalue weighted by Crippen LogP contribution is -2.27. The van der Waals surface area contributed by atoms with Crippen LogP contribution in [0.25, 0.3) is 12.2 Å². The molecule has 0 amide bonds. The van der Waals surface area contributed by atoms with Gasteiger partial charge < -0.3 is 75.8 Å². The van der Waals surface area contributed by atoms with Crippen LogP contribution in [0.15, 0.2) is 153 Å². The molecule has 0 saturated carbocycles. The van der Waals surface area contributed by atoms with Crippen molar-refractivity contribution in [2.24, 2.45) is 0 Å². The van der Waals surface area contributed by atoms with Crippen LogP contribution in [0.4, 0.5) is 28.8 Å². The van der Waals surface area contributed by atoms with Gasteiger partial charge in [-0.1, -0.05) is 56.2 Å². The van der Waals surface area contributed by atoms with Gasteiger partial charge in [-0.25, -0.2) is 47.9 Å². The summed E-state index contributed by atoms with van der Waals surface area (Å²) in [4.78, 5) is 122. The summed E-state index contributed by atoms with van der Waals surface area (Å²) in [6, 6.07) is 30.6. The van der Waals surface area contributed by atoms with Crippen molar-refractivity contribution >= 4 is 73.0 Å². The van der Waals surface area contributed by atoms with Crippen molar-refractivity contribution in [1.82, 2.24) is 0 Å². The lowest BCUT2D eigenvalue weighted by molar-refractivity contribution is -0.130. The largest absolute Gasteiger partial charge is 0.514 e. The first-order chi connectivity index (χ1) is 47.5. The van der Waals surface area contributed by atoms with Gasteiger partial charge in [0, 0.05) is 17.7 Å². The highest BCUT2D eigenvalue weighted by molar-refractivity contribution is 5.94. The van der Waals surface area contributed by atoms with Crippen LogP contribution in [-0.4, -0.2) is 94.4 Å². The van der Waals surface area contributed by atoms with E-state index in [1.165, 1.54) is 85.8 Å². The number of hydrogen-bond acceptors (Lipinski definition) is 26. The third kappa shape index (κ3) is 32.3. The Balaban J connectivity index is 0.000000328. The van der Waals surface area contributed by atoms with E-state index >= 15 is 0 Å². The van der Waals surface area contributed by atoms with Crippen molar-refractivity contribution < 1.29 is 124 Å². The van der Waals surface area contributed by atoms with Crippen molar-refractivity contribution in [3.05, 3.63) is 181 Å². The van der Waals surface area contributed by atoms with Crippen LogP contribution in [0.5, 0.6) is 57.5 Å². The summed E-state index contributed by atoms with van der Waals surface area (Å²) in [7, 11) is 0. The molecule has 0 bridgehead atoms. The Morgan fingerprint density at radius 3 is 0.796 bits per heavy atom. The van der Waals surface area contributed by atoms with Crippen molar-refractivity contribution in [1.29, 1.82) is 0 Å². The molecule has 6 aromatic rings. The number of ether oxygens (including phenoxy) is 16. The molecule has 103 heavy (non-hydrogen) atoms. The lowest BCUT2D eigenvalue weighted by Gasteiger charge is -2.21. The molecule has 0 aromatic heterocycles. The maximum absolute atomic E-state index is 12.6. The molecule has 0 aliphatic heterocycles. The zero-order valence-electron chi connectivity index (χ0n) is 61.0. The van der Waals surface area contributed by atoms with E-state index in [4.69, 9.17) is 75.8 Å². The Labute approximate surface area is 597 Å². The number of hydrogen-bond donors (Lipinski definition) is 0. The maximum Gasteiger partial charge on any atom is 0.514 e. The minimum Gasteiger partial charge on any atom is -0.428 e. The lowest BCUT2D eigenvalue weighted by atomic mass is 10.1. The van der Waals surface area contributed by atoms with Crippen molar-refractivity contribution in [3.8, 4) is 57.5 Å². The van der Waals surface area contributed by atoms with E-state index in [1.807, 2.05) is 0 Å². The SMILES string of the molecule is C=C(C)C(=O)Oc1ccc(C(=O)Oc2ccc(OC(=O)OC(C)(C)C)c(OC(=O)OC(C)(C)C)c2)cc1.C=Cc1ccc(C(=O)Oc2ccc(OC(=O)OC(C)(C)C)c(OC(=O)OC(C)(C)C)c2)cc1.C=Cc1ccc(OC(=O)c2ccc(OC(=O)OC(C)(C)C)c(OC(=O)OC(C)(C)C)c2)cc1. The second-order valence-corrected chi connectivity index (χ2v) is 27.7. The summed E-state index contributed by atoms with van der Waals surface area (Å²) in [5, 5.41) is 0. The molecule has 0 saturated heterocycles. The molecule has 0 fully saturated rings. The molecule has 550 valence electrons. The van der Waals surface area contributed by atoms with Crippen LogP contribution < -0.4 is 47.4 Å². The van der Waals surface area contributed by atoms with Crippen LogP contribution in [-0.2, 0) is 33.2 Å². The van der Waals surface area contributed by atoms with E-state index < -0.39 is 94.4 Å². The molecule has 0 aliphatic carbocycles. The minimum absolute atomic E-state index is 0.0158. The molecule has 0 aliphatic rings. The molecule has 0 heterocycles. The molecule has 0 radical (unpaired) electrons. The van der Waals surface area contributed by atoms with Crippen molar-refractivity contribution in [3.63, 3.8) is 0 Å². The average Bonchev–Trinajstić information content (AvgIpc) is 0.838. The van der Waals surface area contributed by atoms with Crippen LogP contribution in [0, 0.1) is 0 Å². The summed E-state index contributed by atoms with van der Waals surface area (Å²) in [5.41, 5.74) is -2.44. The quantitative estimate of drug-likeness (QED) is 0.0286. The Bertz CT molecular complexity index is 4060. The van der Waals surface area contributed by atoms with Crippen molar-refractivity contribution in [2.75, 3.05) is 0 Å². The summed E-state index contributed by atoms with van der Waals surface area (Å²) >= 11 is 0. The fourth-order valence-electron chi connectivity index (χ4n) is 7.17. The monoisotopic (exact) mass is 1430 g/mol. The van der Waals surface area contributed by atoms with Gasteiger partial charge in [0.05, 0.1) is 16.7 Å². The highest BCUT2D eigenvalue weighted by Crippen LogP contribution is 2.36. The topological polar surface area (TPSA) is 318 Å². The van der Waals surface area contributed by atoms with Gasteiger partial charge in [-0.05, 0) is 234 Å². The van der Waals surface area contributed by atoms with Gasteiger partial charge in [0.1, 0.15) is 56.6 Å². The van der Waals surface area contributed by atoms with Gasteiger partial charge in [-0.15, -0.1) is 0 Å². The van der Waals surface area contributed by atoms with Gasteiger partial charge >= 0.3 is 60.8 Å². The molecule has 6 rings (SSSR count). The minimum atomic E-state index is -1.06. The summed E-state index contributed by atoms with van der Waals surface area (Å²) in [5.74, 6) is -3.18. The van der Waals surface area contributed by atoms with Crippen LogP contribution in [0.2, 0.25) is 0 Å². The van der Waals surface area contributed by atoms with Gasteiger partial charge in [0.15, 0.2) is 34.5 Å². The fourth-order valence-corrected chi connectivity index (χ4v) is 7.17. The molecule has 0 N–H and O–H groups in total. The average molecular weight is 1430 g/mol. The first-order valence-electron chi connectivity index (χ1n) is 31.5. The molecule has 0 spiro atoms. The molecular weight excluding hydrogens is 1340 g/mol. The molecular formula is C77H86O26. The first kappa shape index (κ1) is 83.5. The second-order valence-electron chi connectivity index (χ2n) is 27.7. The first-order valence-corrected chi connectivity index (χ1v) is 31.5. The number of carbonyl (C=O) groups excluding carboxylic acids is 10. The third-order valence-corrected chi connectivity index (χ3v) is 11.3. The molecule has 6 aromatic carbocycles. The van der Waals surface area contributed by atoms with Crippen molar-refractivity contribution in [2.45, 2.75) is 165 Å². The van der Waals surface area contributed by atoms with E-state index in [0.29, 0.717) is 11.3 Å². The zero-order valence-corrected chi connectivity index (χ0v) is 61.0. The summed E-state index contributed by atoms with van der Waals surface area (Å²) in [6.07, 6.45) is -2.85. The van der Waals surface area contributed by atoms with E-state index in [1.54, 1.807) is 185 Å². The normalized spacial score (nSPS) is 11.2. The van der Waals surface area contributed by atoms with Gasteiger partial charge in [-0.2, -0.15) is 0 Å².